The van der Waals surface area contributed by atoms with Crippen LogP contribution in [-0.2, 0) is 0 Å². The number of carbonyl (C=O) groups is 1. The van der Waals surface area contributed by atoms with E-state index in [1.807, 2.05) is 4.90 Å². The predicted octanol–water partition coefficient (Wildman–Crippen LogP) is 0.529. The van der Waals surface area contributed by atoms with Crippen LogP contribution in [0.2, 0.25) is 0 Å². The first-order valence-corrected chi connectivity index (χ1v) is 5.04. The number of hydrogen-bond acceptors (Lipinski definition) is 2. The molecule has 0 bridgehead atoms. The molecule has 0 aromatic heterocycles. The monoisotopic (exact) mass is 185 g/mol. The van der Waals surface area contributed by atoms with Crippen LogP contribution >= 0.6 is 0 Å². The summed E-state index contributed by atoms with van der Waals surface area (Å²) in [6.45, 7) is 4.30. The van der Waals surface area contributed by atoms with Crippen molar-refractivity contribution in [2.45, 2.75) is 32.2 Å². The molecule has 76 valence electrons. The molecule has 1 saturated heterocycles. The number of carbonyl (C=O) groups excluding carboxylic acids is 1. The maximum atomic E-state index is 11.3. The van der Waals surface area contributed by atoms with Crippen LogP contribution in [0, 0.1) is 0 Å². The fraction of sp³-hybridized carbons (Fsp3) is 0.889. The molecule has 1 atom stereocenters. The number of nitrogens with one attached hydrogen (secondary N) is 1. The van der Waals surface area contributed by atoms with Crippen molar-refractivity contribution in [2.24, 2.45) is 5.73 Å². The van der Waals surface area contributed by atoms with Crippen LogP contribution in [0.15, 0.2) is 0 Å². The van der Waals surface area contributed by atoms with E-state index in [4.69, 9.17) is 5.73 Å². The highest BCUT2D eigenvalue weighted by molar-refractivity contribution is 5.76. The van der Waals surface area contributed by atoms with Gasteiger partial charge in [-0.15, -0.1) is 0 Å². The van der Waals surface area contributed by atoms with Crippen molar-refractivity contribution in [3.63, 3.8) is 0 Å². The van der Waals surface area contributed by atoms with Crippen molar-refractivity contribution in [3.8, 4) is 0 Å². The van der Waals surface area contributed by atoms with Gasteiger partial charge in [-0.05, 0) is 6.42 Å². The molecule has 0 aromatic rings. The van der Waals surface area contributed by atoms with Gasteiger partial charge in [-0.25, -0.2) is 4.79 Å². The van der Waals surface area contributed by atoms with Gasteiger partial charge in [0.15, 0.2) is 0 Å². The molecular formula is C9H19N3O. The van der Waals surface area contributed by atoms with Gasteiger partial charge >= 0.3 is 6.03 Å². The number of unbranched alkanes of at least 4 members (excludes halogenated alkanes) is 1. The van der Waals surface area contributed by atoms with Gasteiger partial charge in [-0.1, -0.05) is 19.8 Å². The fourth-order valence-corrected chi connectivity index (χ4v) is 1.68. The molecule has 0 saturated carbocycles. The van der Waals surface area contributed by atoms with Gasteiger partial charge in [0.05, 0.1) is 0 Å². The number of rotatable bonds is 5. The largest absolute Gasteiger partial charge is 0.336 e. The van der Waals surface area contributed by atoms with Crippen LogP contribution in [-0.4, -0.2) is 36.6 Å². The molecule has 13 heavy (non-hydrogen) atoms. The lowest BCUT2D eigenvalue weighted by Crippen LogP contribution is -2.42. The molecule has 1 unspecified atom stereocenters. The Hall–Kier alpha value is -0.770. The first-order chi connectivity index (χ1) is 6.29. The average Bonchev–Trinajstić information content (AvgIpc) is 2.54. The Bertz CT molecular complexity index is 172. The molecule has 0 radical (unpaired) electrons. The minimum atomic E-state index is 0.0477. The van der Waals surface area contributed by atoms with E-state index in [9.17, 15) is 4.79 Å². The molecular weight excluding hydrogens is 166 g/mol. The highest BCUT2D eigenvalue weighted by atomic mass is 16.2. The first-order valence-electron chi connectivity index (χ1n) is 5.04. The van der Waals surface area contributed by atoms with Crippen LogP contribution in [0.4, 0.5) is 4.79 Å². The Kier molecular flexibility index (Phi) is 4.02. The zero-order chi connectivity index (χ0) is 9.68. The van der Waals surface area contributed by atoms with Crippen LogP contribution in [0.1, 0.15) is 26.2 Å². The molecule has 1 rings (SSSR count). The minimum absolute atomic E-state index is 0.0477. The van der Waals surface area contributed by atoms with Gasteiger partial charge in [0.1, 0.15) is 0 Å². The van der Waals surface area contributed by atoms with E-state index in [-0.39, 0.29) is 12.1 Å². The SMILES string of the molecule is CCCCC(CN)N1CCNC1=O. The summed E-state index contributed by atoms with van der Waals surface area (Å²) in [4.78, 5) is 13.2. The summed E-state index contributed by atoms with van der Waals surface area (Å²) in [6.07, 6.45) is 3.33. The molecule has 4 heteroatoms. The van der Waals surface area contributed by atoms with E-state index < -0.39 is 0 Å². The summed E-state index contributed by atoms with van der Waals surface area (Å²) in [5.74, 6) is 0. The van der Waals surface area contributed by atoms with Crippen molar-refractivity contribution in [1.29, 1.82) is 0 Å². The Balaban J connectivity index is 2.40. The van der Waals surface area contributed by atoms with Gasteiger partial charge in [0.2, 0.25) is 0 Å². The van der Waals surface area contributed by atoms with Crippen LogP contribution in [0.5, 0.6) is 0 Å². The summed E-state index contributed by atoms with van der Waals surface area (Å²) in [5, 5.41) is 2.79. The quantitative estimate of drug-likeness (QED) is 0.656. The topological polar surface area (TPSA) is 58.4 Å². The lowest BCUT2D eigenvalue weighted by molar-refractivity contribution is 0.195. The first kappa shape index (κ1) is 10.3. The molecule has 1 heterocycles. The molecule has 0 aliphatic carbocycles. The van der Waals surface area contributed by atoms with Crippen molar-refractivity contribution in [1.82, 2.24) is 10.2 Å². The zero-order valence-electron chi connectivity index (χ0n) is 8.25. The summed E-state index contributed by atoms with van der Waals surface area (Å²) in [6, 6.07) is 0.286. The maximum absolute atomic E-state index is 11.3. The second kappa shape index (κ2) is 5.07. The van der Waals surface area contributed by atoms with Gasteiger partial charge < -0.3 is 16.0 Å². The third-order valence-electron chi connectivity index (χ3n) is 2.49. The smallest absolute Gasteiger partial charge is 0.317 e. The molecule has 4 nitrogen and oxygen atoms in total. The average molecular weight is 185 g/mol. The third-order valence-corrected chi connectivity index (χ3v) is 2.49. The predicted molar refractivity (Wildman–Crippen MR) is 52.5 cm³/mol. The van der Waals surface area contributed by atoms with Crippen LogP contribution in [0.3, 0.4) is 0 Å². The highest BCUT2D eigenvalue weighted by Gasteiger charge is 2.25. The molecule has 1 aliphatic rings. The highest BCUT2D eigenvalue weighted by Crippen LogP contribution is 2.10. The van der Waals surface area contributed by atoms with Crippen molar-refractivity contribution in [3.05, 3.63) is 0 Å². The van der Waals surface area contributed by atoms with Crippen molar-refractivity contribution >= 4 is 6.03 Å². The van der Waals surface area contributed by atoms with Gasteiger partial charge in [0, 0.05) is 25.7 Å². The van der Waals surface area contributed by atoms with Crippen molar-refractivity contribution in [2.75, 3.05) is 19.6 Å². The molecule has 2 amide bonds. The molecule has 3 N–H and O–H groups in total. The summed E-state index contributed by atoms with van der Waals surface area (Å²) in [7, 11) is 0. The summed E-state index contributed by atoms with van der Waals surface area (Å²) < 4.78 is 0. The Labute approximate surface area is 79.5 Å². The lowest BCUT2D eigenvalue weighted by atomic mass is 10.1. The Morgan fingerprint density at radius 3 is 2.92 bits per heavy atom. The van der Waals surface area contributed by atoms with Gasteiger partial charge in [-0.3, -0.25) is 0 Å². The number of amides is 2. The Morgan fingerprint density at radius 1 is 1.69 bits per heavy atom. The van der Waals surface area contributed by atoms with E-state index in [1.54, 1.807) is 0 Å². The lowest BCUT2D eigenvalue weighted by Gasteiger charge is -2.25. The standard InChI is InChI=1S/C9H19N3O/c1-2-3-4-8(7-10)12-6-5-11-9(12)13/h8H,2-7,10H2,1H3,(H,11,13). The van der Waals surface area contributed by atoms with E-state index in [2.05, 4.69) is 12.2 Å². The molecule has 1 fully saturated rings. The number of nitrogens with two attached hydrogens (primary N) is 1. The normalized spacial score (nSPS) is 18.9. The second-order valence-corrected chi connectivity index (χ2v) is 3.46. The molecule has 1 aliphatic heterocycles. The number of nitrogens with zero attached hydrogens (tertiary/aromatic N) is 1. The summed E-state index contributed by atoms with van der Waals surface area (Å²) >= 11 is 0. The van der Waals surface area contributed by atoms with E-state index in [1.165, 1.54) is 0 Å². The van der Waals surface area contributed by atoms with Gasteiger partial charge in [0.25, 0.3) is 0 Å². The van der Waals surface area contributed by atoms with E-state index in [0.29, 0.717) is 6.54 Å². The fourth-order valence-electron chi connectivity index (χ4n) is 1.68. The molecule has 0 aromatic carbocycles. The van der Waals surface area contributed by atoms with E-state index >= 15 is 0 Å². The Morgan fingerprint density at radius 2 is 2.46 bits per heavy atom. The zero-order valence-corrected chi connectivity index (χ0v) is 8.25. The van der Waals surface area contributed by atoms with Gasteiger partial charge in [-0.2, -0.15) is 0 Å². The van der Waals surface area contributed by atoms with Crippen LogP contribution in [0.25, 0.3) is 0 Å². The van der Waals surface area contributed by atoms with Crippen LogP contribution < -0.4 is 11.1 Å². The second-order valence-electron chi connectivity index (χ2n) is 3.46. The number of urea groups is 1. The summed E-state index contributed by atoms with van der Waals surface area (Å²) in [5.41, 5.74) is 5.63. The minimum Gasteiger partial charge on any atom is -0.336 e. The number of hydrogen-bond donors (Lipinski definition) is 2. The maximum Gasteiger partial charge on any atom is 0.317 e. The van der Waals surface area contributed by atoms with E-state index in [0.717, 1.165) is 32.4 Å². The molecule has 0 spiro atoms. The van der Waals surface area contributed by atoms with Crippen molar-refractivity contribution < 1.29 is 4.79 Å². The third kappa shape index (κ3) is 2.59.